The van der Waals surface area contributed by atoms with Crippen LogP contribution in [0.5, 0.6) is 0 Å². The van der Waals surface area contributed by atoms with Crippen LogP contribution in [0, 0.1) is 5.82 Å². The minimum absolute atomic E-state index is 0.0691. The Kier molecular flexibility index (Phi) is 4.31. The van der Waals surface area contributed by atoms with Crippen molar-refractivity contribution in [1.29, 1.82) is 0 Å². The molecule has 1 aliphatic rings. The highest BCUT2D eigenvalue weighted by Crippen LogP contribution is 2.30. The van der Waals surface area contributed by atoms with Gasteiger partial charge in [0.1, 0.15) is 23.1 Å². The Balaban J connectivity index is 1.83. The summed E-state index contributed by atoms with van der Waals surface area (Å²) in [6.07, 6.45) is 8.80. The van der Waals surface area contributed by atoms with Crippen LogP contribution in [0.25, 0.3) is 0 Å². The average Bonchev–Trinajstić information content (AvgIpc) is 2.55. The Hall–Kier alpha value is -2.73. The van der Waals surface area contributed by atoms with Crippen molar-refractivity contribution in [3.63, 3.8) is 0 Å². The molecular formula is C18H20FN5. The molecule has 1 aliphatic heterocycles. The highest BCUT2D eigenvalue weighted by molar-refractivity contribution is 5.45. The van der Waals surface area contributed by atoms with Crippen molar-refractivity contribution in [2.24, 2.45) is 5.73 Å². The summed E-state index contributed by atoms with van der Waals surface area (Å²) in [7, 11) is 0. The van der Waals surface area contributed by atoms with E-state index in [9.17, 15) is 4.39 Å². The number of dihydropyridines is 1. The Morgan fingerprint density at radius 1 is 1.25 bits per heavy atom. The monoisotopic (exact) mass is 325 g/mol. The summed E-state index contributed by atoms with van der Waals surface area (Å²) in [5.74, 6) is 1.04. The molecule has 0 radical (unpaired) electrons. The SMILES string of the molecule is CC1=CC(N)(C(C)c2ccc(F)cc2)NC(Nc2cnccn2)=C1. The Bertz CT molecular complexity index is 770. The lowest BCUT2D eigenvalue weighted by atomic mass is 9.85. The van der Waals surface area contributed by atoms with Gasteiger partial charge in [0.2, 0.25) is 0 Å². The Morgan fingerprint density at radius 3 is 2.67 bits per heavy atom. The number of aromatic nitrogens is 2. The maximum Gasteiger partial charge on any atom is 0.149 e. The molecule has 2 heterocycles. The van der Waals surface area contributed by atoms with Gasteiger partial charge in [0.05, 0.1) is 6.20 Å². The van der Waals surface area contributed by atoms with Crippen LogP contribution in [0.4, 0.5) is 10.2 Å². The van der Waals surface area contributed by atoms with E-state index in [0.717, 1.165) is 17.0 Å². The largest absolute Gasteiger partial charge is 0.350 e. The number of nitrogens with one attached hydrogen (secondary N) is 2. The lowest BCUT2D eigenvalue weighted by Crippen LogP contribution is -2.57. The number of halogens is 1. The van der Waals surface area contributed by atoms with Crippen LogP contribution in [0.1, 0.15) is 25.3 Å². The van der Waals surface area contributed by atoms with Crippen LogP contribution < -0.4 is 16.4 Å². The minimum Gasteiger partial charge on any atom is -0.350 e. The maximum absolute atomic E-state index is 13.2. The molecule has 0 spiro atoms. The highest BCUT2D eigenvalue weighted by atomic mass is 19.1. The van der Waals surface area contributed by atoms with Gasteiger partial charge in [-0.3, -0.25) is 4.98 Å². The van der Waals surface area contributed by atoms with Crippen LogP contribution in [0.15, 0.2) is 66.4 Å². The van der Waals surface area contributed by atoms with Gasteiger partial charge >= 0.3 is 0 Å². The van der Waals surface area contributed by atoms with Crippen LogP contribution >= 0.6 is 0 Å². The summed E-state index contributed by atoms with van der Waals surface area (Å²) in [6.45, 7) is 3.99. The Morgan fingerprint density at radius 2 is 2.00 bits per heavy atom. The van der Waals surface area contributed by atoms with E-state index in [1.807, 2.05) is 26.0 Å². The van der Waals surface area contributed by atoms with Crippen molar-refractivity contribution in [3.05, 3.63) is 77.8 Å². The normalized spacial score (nSPS) is 21.3. The number of allylic oxidation sites excluding steroid dienone is 2. The fourth-order valence-corrected chi connectivity index (χ4v) is 2.78. The fourth-order valence-electron chi connectivity index (χ4n) is 2.78. The maximum atomic E-state index is 13.2. The van der Waals surface area contributed by atoms with E-state index in [0.29, 0.717) is 5.82 Å². The van der Waals surface area contributed by atoms with E-state index >= 15 is 0 Å². The minimum atomic E-state index is -0.804. The summed E-state index contributed by atoms with van der Waals surface area (Å²) < 4.78 is 13.2. The molecule has 0 bridgehead atoms. The molecule has 0 amide bonds. The van der Waals surface area contributed by atoms with Gasteiger partial charge in [-0.05, 0) is 42.3 Å². The first-order valence-electron chi connectivity index (χ1n) is 7.73. The quantitative estimate of drug-likeness (QED) is 0.806. The van der Waals surface area contributed by atoms with Gasteiger partial charge in [-0.1, -0.05) is 19.1 Å². The topological polar surface area (TPSA) is 75.9 Å². The third-order valence-corrected chi connectivity index (χ3v) is 4.10. The zero-order chi connectivity index (χ0) is 17.2. The van der Waals surface area contributed by atoms with E-state index < -0.39 is 5.66 Å². The van der Waals surface area contributed by atoms with Crippen molar-refractivity contribution < 1.29 is 4.39 Å². The van der Waals surface area contributed by atoms with Crippen molar-refractivity contribution in [3.8, 4) is 0 Å². The molecule has 5 nitrogen and oxygen atoms in total. The van der Waals surface area contributed by atoms with Crippen LogP contribution in [-0.2, 0) is 0 Å². The zero-order valence-electron chi connectivity index (χ0n) is 13.6. The fraction of sp³-hybridized carbons (Fsp3) is 0.222. The average molecular weight is 325 g/mol. The van der Waals surface area contributed by atoms with Gasteiger partial charge in [-0.25, -0.2) is 9.37 Å². The summed E-state index contributed by atoms with van der Waals surface area (Å²) in [6, 6.07) is 6.41. The van der Waals surface area contributed by atoms with E-state index in [-0.39, 0.29) is 11.7 Å². The van der Waals surface area contributed by atoms with Gasteiger partial charge < -0.3 is 16.4 Å². The smallest absolute Gasteiger partial charge is 0.149 e. The lowest BCUT2D eigenvalue weighted by Gasteiger charge is -2.38. The molecular weight excluding hydrogens is 305 g/mol. The summed E-state index contributed by atoms with van der Waals surface area (Å²) in [5, 5.41) is 6.49. The van der Waals surface area contributed by atoms with Crippen LogP contribution in [-0.4, -0.2) is 15.6 Å². The second-order valence-electron chi connectivity index (χ2n) is 5.99. The second-order valence-corrected chi connectivity index (χ2v) is 5.99. The molecule has 2 aromatic rings. The molecule has 0 fully saturated rings. The Labute approximate surface area is 140 Å². The molecule has 1 aromatic heterocycles. The predicted molar refractivity (Wildman–Crippen MR) is 92.4 cm³/mol. The van der Waals surface area contributed by atoms with Crippen LogP contribution in [0.2, 0.25) is 0 Å². The molecule has 0 aliphatic carbocycles. The third kappa shape index (κ3) is 3.44. The number of anilines is 1. The number of nitrogens with zero attached hydrogens (tertiary/aromatic N) is 2. The van der Waals surface area contributed by atoms with E-state index in [4.69, 9.17) is 5.73 Å². The number of rotatable bonds is 4. The van der Waals surface area contributed by atoms with E-state index in [1.54, 1.807) is 30.7 Å². The van der Waals surface area contributed by atoms with Crippen molar-refractivity contribution >= 4 is 5.82 Å². The first kappa shape index (κ1) is 16.1. The second kappa shape index (κ2) is 6.41. The van der Waals surface area contributed by atoms with Gasteiger partial charge in [0.25, 0.3) is 0 Å². The van der Waals surface area contributed by atoms with E-state index in [2.05, 4.69) is 20.6 Å². The molecule has 4 N–H and O–H groups in total. The lowest BCUT2D eigenvalue weighted by molar-refractivity contribution is 0.384. The van der Waals surface area contributed by atoms with Gasteiger partial charge in [-0.15, -0.1) is 0 Å². The molecule has 124 valence electrons. The summed E-state index contributed by atoms with van der Waals surface area (Å²) in [5.41, 5.74) is 7.78. The van der Waals surface area contributed by atoms with Gasteiger partial charge in [0, 0.05) is 18.3 Å². The van der Waals surface area contributed by atoms with Crippen LogP contribution in [0.3, 0.4) is 0 Å². The van der Waals surface area contributed by atoms with E-state index in [1.165, 1.54) is 12.1 Å². The number of nitrogens with two attached hydrogens (primary N) is 1. The molecule has 2 atom stereocenters. The third-order valence-electron chi connectivity index (χ3n) is 4.10. The van der Waals surface area contributed by atoms with Gasteiger partial charge in [0.15, 0.2) is 0 Å². The zero-order valence-corrected chi connectivity index (χ0v) is 13.6. The standard InChI is InChI=1S/C18H20FN5/c1-12-9-16(23-17-11-21-7-8-22-17)24-18(20,10-12)13(2)14-3-5-15(19)6-4-14/h3-11,13,24H,20H2,1-2H3,(H,22,23). The number of hydrogen-bond acceptors (Lipinski definition) is 5. The number of hydrogen-bond donors (Lipinski definition) is 3. The first-order chi connectivity index (χ1) is 11.5. The summed E-state index contributed by atoms with van der Waals surface area (Å²) in [4.78, 5) is 8.24. The van der Waals surface area contributed by atoms with Crippen molar-refractivity contribution in [1.82, 2.24) is 15.3 Å². The van der Waals surface area contributed by atoms with Crippen molar-refractivity contribution in [2.75, 3.05) is 5.32 Å². The molecule has 6 heteroatoms. The molecule has 1 aromatic carbocycles. The highest BCUT2D eigenvalue weighted by Gasteiger charge is 2.33. The van der Waals surface area contributed by atoms with Gasteiger partial charge in [-0.2, -0.15) is 0 Å². The molecule has 2 unspecified atom stereocenters. The summed E-state index contributed by atoms with van der Waals surface area (Å²) >= 11 is 0. The molecule has 3 rings (SSSR count). The first-order valence-corrected chi connectivity index (χ1v) is 7.73. The predicted octanol–water partition coefficient (Wildman–Crippen LogP) is 2.88. The molecule has 0 saturated heterocycles. The molecule has 24 heavy (non-hydrogen) atoms. The number of benzene rings is 1. The van der Waals surface area contributed by atoms with Crippen molar-refractivity contribution in [2.45, 2.75) is 25.4 Å². The molecule has 0 saturated carbocycles.